The molecule has 2 atom stereocenters. The lowest BCUT2D eigenvalue weighted by molar-refractivity contribution is -0.991. The van der Waals surface area contributed by atoms with Gasteiger partial charge in [0.05, 0.1) is 18.4 Å². The van der Waals surface area contributed by atoms with Crippen LogP contribution in [0.2, 0.25) is 0 Å². The Morgan fingerprint density at radius 2 is 1.79 bits per heavy atom. The number of amides is 2. The second-order valence-electron chi connectivity index (χ2n) is 7.55. The monoisotopic (exact) mass is 477 g/mol. The third kappa shape index (κ3) is 5.46. The van der Waals surface area contributed by atoms with Crippen LogP contribution in [0.4, 0.5) is 5.69 Å². The number of thioether (sulfide) groups is 1. The van der Waals surface area contributed by atoms with E-state index >= 15 is 0 Å². The SMILES string of the molecule is COc1ccc(C2S/C(=C/c3ccc([NH+]([O-])O)cc3)C(=O)N2NC(=O)Cc2ccccc2)cc1. The van der Waals surface area contributed by atoms with E-state index in [4.69, 9.17) is 9.94 Å². The van der Waals surface area contributed by atoms with Crippen molar-refractivity contribution >= 4 is 35.3 Å². The number of methoxy groups -OCH3 is 1. The van der Waals surface area contributed by atoms with Crippen molar-refractivity contribution in [3.05, 3.63) is 106 Å². The first kappa shape index (κ1) is 23.5. The summed E-state index contributed by atoms with van der Waals surface area (Å²) in [4.78, 5) is 26.5. The van der Waals surface area contributed by atoms with Crippen LogP contribution in [0.15, 0.2) is 83.8 Å². The quantitative estimate of drug-likeness (QED) is 0.357. The summed E-state index contributed by atoms with van der Waals surface area (Å²) < 4.78 is 5.23. The van der Waals surface area contributed by atoms with Gasteiger partial charge in [-0.2, -0.15) is 5.23 Å². The summed E-state index contributed by atoms with van der Waals surface area (Å²) in [6.45, 7) is 0. The Labute approximate surface area is 201 Å². The molecule has 0 saturated carbocycles. The average Bonchev–Trinajstić information content (AvgIpc) is 3.15. The largest absolute Gasteiger partial charge is 0.595 e. The maximum Gasteiger partial charge on any atom is 0.280 e. The molecule has 174 valence electrons. The molecule has 0 spiro atoms. The first-order chi connectivity index (χ1) is 16.4. The molecule has 1 aliphatic heterocycles. The fraction of sp³-hybridized carbons (Fsp3) is 0.120. The predicted octanol–water partition coefficient (Wildman–Crippen LogP) is 2.99. The zero-order chi connectivity index (χ0) is 24.1. The van der Waals surface area contributed by atoms with E-state index in [1.807, 2.05) is 42.5 Å². The fourth-order valence-corrected chi connectivity index (χ4v) is 4.66. The Hall–Kier alpha value is -3.63. The van der Waals surface area contributed by atoms with E-state index in [0.29, 0.717) is 16.2 Å². The number of nitrogens with one attached hydrogen (secondary N) is 2. The summed E-state index contributed by atoms with van der Waals surface area (Å²) >= 11 is 1.31. The van der Waals surface area contributed by atoms with Gasteiger partial charge in [0.25, 0.3) is 5.91 Å². The number of carbonyl (C=O) groups is 2. The van der Waals surface area contributed by atoms with Gasteiger partial charge < -0.3 is 9.94 Å². The molecule has 1 saturated heterocycles. The number of benzene rings is 3. The van der Waals surface area contributed by atoms with Crippen LogP contribution in [-0.2, 0) is 16.0 Å². The molecule has 2 amide bonds. The zero-order valence-corrected chi connectivity index (χ0v) is 19.1. The Morgan fingerprint density at radius 1 is 1.12 bits per heavy atom. The third-order valence-electron chi connectivity index (χ3n) is 5.21. The fourth-order valence-electron chi connectivity index (χ4n) is 3.47. The maximum atomic E-state index is 13.3. The van der Waals surface area contributed by atoms with Gasteiger partial charge in [0.15, 0.2) is 5.69 Å². The van der Waals surface area contributed by atoms with Gasteiger partial charge in [-0.25, -0.2) is 10.2 Å². The summed E-state index contributed by atoms with van der Waals surface area (Å²) in [6, 6.07) is 22.9. The van der Waals surface area contributed by atoms with Gasteiger partial charge in [-0.3, -0.25) is 15.0 Å². The highest BCUT2D eigenvalue weighted by Gasteiger charge is 2.38. The van der Waals surface area contributed by atoms with Gasteiger partial charge in [-0.05, 0) is 47.0 Å². The molecule has 1 aliphatic rings. The minimum atomic E-state index is -1.02. The lowest BCUT2D eigenvalue weighted by Gasteiger charge is -2.24. The minimum Gasteiger partial charge on any atom is -0.595 e. The molecule has 1 fully saturated rings. The first-order valence-electron chi connectivity index (χ1n) is 10.5. The molecule has 8 nitrogen and oxygen atoms in total. The summed E-state index contributed by atoms with van der Waals surface area (Å²) in [6.07, 6.45) is 1.83. The van der Waals surface area contributed by atoms with Gasteiger partial charge in [0.2, 0.25) is 5.91 Å². The van der Waals surface area contributed by atoms with Crippen LogP contribution >= 0.6 is 11.8 Å². The van der Waals surface area contributed by atoms with Crippen LogP contribution in [0.1, 0.15) is 22.1 Å². The second-order valence-corrected chi connectivity index (χ2v) is 8.67. The number of rotatable bonds is 7. The summed E-state index contributed by atoms with van der Waals surface area (Å²) in [5, 5.41) is 20.1. The zero-order valence-electron chi connectivity index (χ0n) is 18.3. The van der Waals surface area contributed by atoms with Crippen LogP contribution in [0.3, 0.4) is 0 Å². The Kier molecular flexibility index (Phi) is 7.29. The lowest BCUT2D eigenvalue weighted by Crippen LogP contribution is -2.99. The molecule has 0 aromatic heterocycles. The van der Waals surface area contributed by atoms with E-state index in [0.717, 1.165) is 11.1 Å². The number of hydrogen-bond donors (Lipinski definition) is 3. The predicted molar refractivity (Wildman–Crippen MR) is 129 cm³/mol. The van der Waals surface area contributed by atoms with Crippen molar-refractivity contribution in [3.63, 3.8) is 0 Å². The number of quaternary nitrogens is 1. The smallest absolute Gasteiger partial charge is 0.280 e. The van der Waals surface area contributed by atoms with E-state index in [1.54, 1.807) is 37.5 Å². The molecule has 4 rings (SSSR count). The van der Waals surface area contributed by atoms with Gasteiger partial charge in [-0.1, -0.05) is 54.2 Å². The van der Waals surface area contributed by atoms with Crippen LogP contribution in [0.25, 0.3) is 6.08 Å². The van der Waals surface area contributed by atoms with Crippen LogP contribution in [0, 0.1) is 5.21 Å². The van der Waals surface area contributed by atoms with Crippen molar-refractivity contribution in [1.82, 2.24) is 10.4 Å². The Bertz CT molecular complexity index is 1180. The molecular weight excluding hydrogens is 454 g/mol. The molecule has 0 bridgehead atoms. The van der Waals surface area contributed by atoms with E-state index in [9.17, 15) is 14.8 Å². The molecule has 2 unspecified atom stereocenters. The molecular formula is C25H23N3O5S. The average molecular weight is 478 g/mol. The van der Waals surface area contributed by atoms with Gasteiger partial charge in [0.1, 0.15) is 11.1 Å². The normalized spacial score (nSPS) is 17.6. The molecule has 3 aromatic rings. The standard InChI is InChI=1S/C25H23N3O5S/c1-33-21-13-9-19(10-14-21)25-27(26-23(29)16-17-5-3-2-4-6-17)24(30)22(34-25)15-18-7-11-20(12-8-18)28(31)32/h2-15,25,28,31H,16H2,1H3,(H,26,29)/b22-15+. The highest BCUT2D eigenvalue weighted by atomic mass is 32.2. The minimum absolute atomic E-state index is 0.139. The molecule has 34 heavy (non-hydrogen) atoms. The van der Waals surface area contributed by atoms with Crippen molar-refractivity contribution in [2.24, 2.45) is 0 Å². The Balaban J connectivity index is 1.60. The van der Waals surface area contributed by atoms with Gasteiger partial charge >= 0.3 is 0 Å². The summed E-state index contributed by atoms with van der Waals surface area (Å²) in [5.74, 6) is 0.0484. The molecule has 3 aromatic carbocycles. The number of nitrogens with zero attached hydrogens (tertiary/aromatic N) is 1. The molecule has 3 N–H and O–H groups in total. The topological polar surface area (TPSA) is 106 Å². The van der Waals surface area contributed by atoms with Crippen LogP contribution in [-0.4, -0.2) is 29.1 Å². The van der Waals surface area contributed by atoms with Gasteiger partial charge in [0, 0.05) is 12.1 Å². The van der Waals surface area contributed by atoms with E-state index in [2.05, 4.69) is 5.43 Å². The maximum absolute atomic E-state index is 13.3. The third-order valence-corrected chi connectivity index (χ3v) is 6.46. The van der Waals surface area contributed by atoms with Crippen LogP contribution in [0.5, 0.6) is 5.75 Å². The first-order valence-corrected chi connectivity index (χ1v) is 11.3. The number of carbonyl (C=O) groups excluding carboxylic acids is 2. The lowest BCUT2D eigenvalue weighted by atomic mass is 10.1. The van der Waals surface area contributed by atoms with Crippen LogP contribution < -0.4 is 15.4 Å². The Morgan fingerprint density at radius 3 is 2.41 bits per heavy atom. The number of hydrazine groups is 1. The van der Waals surface area contributed by atoms with Crippen molar-refractivity contribution < 1.29 is 24.8 Å². The summed E-state index contributed by atoms with van der Waals surface area (Å²) in [5.41, 5.74) is 5.29. The number of hydrogen-bond acceptors (Lipinski definition) is 6. The molecule has 0 radical (unpaired) electrons. The summed E-state index contributed by atoms with van der Waals surface area (Å²) in [7, 11) is 1.58. The van der Waals surface area contributed by atoms with Crippen molar-refractivity contribution in [2.45, 2.75) is 11.8 Å². The van der Waals surface area contributed by atoms with E-state index in [-0.39, 0.29) is 23.9 Å². The van der Waals surface area contributed by atoms with E-state index < -0.39 is 10.6 Å². The molecule has 0 aliphatic carbocycles. The highest BCUT2D eigenvalue weighted by Crippen LogP contribution is 2.45. The van der Waals surface area contributed by atoms with Crippen molar-refractivity contribution in [1.29, 1.82) is 0 Å². The van der Waals surface area contributed by atoms with Gasteiger partial charge in [-0.15, -0.1) is 0 Å². The molecule has 1 heterocycles. The molecule has 9 heteroatoms. The second kappa shape index (κ2) is 10.5. The highest BCUT2D eigenvalue weighted by molar-refractivity contribution is 8.04. The van der Waals surface area contributed by atoms with Crippen molar-refractivity contribution in [2.75, 3.05) is 7.11 Å². The van der Waals surface area contributed by atoms with Crippen molar-refractivity contribution in [3.8, 4) is 5.75 Å². The number of ether oxygens (including phenoxy) is 1. The van der Waals surface area contributed by atoms with E-state index in [1.165, 1.54) is 28.9 Å².